The van der Waals surface area contributed by atoms with Crippen molar-refractivity contribution in [2.45, 2.75) is 6.54 Å². The molecule has 0 unspecified atom stereocenters. The van der Waals surface area contributed by atoms with Crippen molar-refractivity contribution >= 4 is 51.4 Å². The molecule has 5 heterocycles. The summed E-state index contributed by atoms with van der Waals surface area (Å²) >= 11 is 5.69. The Morgan fingerprint density at radius 1 is 0.897 bits per heavy atom. The van der Waals surface area contributed by atoms with Gasteiger partial charge < -0.3 is 5.32 Å². The number of aliphatic imine (C=N–C) groups is 1. The number of halogens is 1. The molecule has 1 aliphatic rings. The van der Waals surface area contributed by atoms with Crippen LogP contribution in [0.4, 0.5) is 11.5 Å². The summed E-state index contributed by atoms with van der Waals surface area (Å²) in [6, 6.07) is 6.18. The lowest BCUT2D eigenvalue weighted by Crippen LogP contribution is -1.96. The van der Waals surface area contributed by atoms with Crippen LogP contribution < -0.4 is 5.32 Å². The number of nitrogens with zero attached hydrogens (tertiary/aromatic N) is 7. The van der Waals surface area contributed by atoms with Crippen molar-refractivity contribution in [3.8, 4) is 0 Å². The highest BCUT2D eigenvalue weighted by molar-refractivity contribution is 6.33. The van der Waals surface area contributed by atoms with Crippen LogP contribution in [0.2, 0.25) is 5.15 Å². The van der Waals surface area contributed by atoms with Crippen LogP contribution in [0.15, 0.2) is 48.2 Å². The molecule has 6 rings (SSSR count). The van der Waals surface area contributed by atoms with E-state index in [-0.39, 0.29) is 0 Å². The molecule has 1 aliphatic heterocycles. The number of H-pyrrole nitrogens is 2. The first-order valence-corrected chi connectivity index (χ1v) is 8.99. The molecule has 5 aromatic rings. The monoisotopic (exact) mass is 404 g/mol. The first-order chi connectivity index (χ1) is 14.3. The quantitative estimate of drug-likeness (QED) is 0.385. The van der Waals surface area contributed by atoms with Gasteiger partial charge in [0.05, 0.1) is 29.7 Å². The van der Waals surface area contributed by atoms with E-state index in [1.807, 2.05) is 12.3 Å². The first kappa shape index (κ1) is 17.2. The fraction of sp³-hybridized carbons (Fsp3) is 0.0556. The van der Waals surface area contributed by atoms with Crippen LogP contribution >= 0.6 is 11.6 Å². The van der Waals surface area contributed by atoms with Gasteiger partial charge in [-0.15, -0.1) is 0 Å². The minimum atomic E-state index is 0.429. The second-order valence-electron chi connectivity index (χ2n) is 6.16. The van der Waals surface area contributed by atoms with Crippen LogP contribution in [0.3, 0.4) is 0 Å². The van der Waals surface area contributed by atoms with E-state index in [2.05, 4.69) is 62.8 Å². The van der Waals surface area contributed by atoms with Crippen molar-refractivity contribution < 1.29 is 0 Å². The number of nitrogens with one attached hydrogen (secondary N) is 3. The smallest absolute Gasteiger partial charge is 0.160 e. The highest BCUT2D eigenvalue weighted by Gasteiger charge is 2.09. The zero-order chi connectivity index (χ0) is 19.6. The number of fused-ring (bicyclic) bond motifs is 3. The third-order valence-electron chi connectivity index (χ3n) is 4.35. The van der Waals surface area contributed by atoms with Crippen LogP contribution in [-0.4, -0.2) is 46.5 Å². The number of aromatic amines is 2. The van der Waals surface area contributed by atoms with E-state index in [4.69, 9.17) is 11.6 Å². The lowest BCUT2D eigenvalue weighted by atomic mass is 10.1. The predicted octanol–water partition coefficient (Wildman–Crippen LogP) is 3.04. The topological polar surface area (TPSA) is 133 Å². The number of aromatic nitrogens is 8. The molecule has 0 aliphatic carbocycles. The van der Waals surface area contributed by atoms with Crippen LogP contribution in [-0.2, 0) is 6.54 Å². The third kappa shape index (κ3) is 3.36. The molecule has 0 bridgehead atoms. The van der Waals surface area contributed by atoms with Crippen molar-refractivity contribution in [1.29, 1.82) is 0 Å². The standard InChI is InChI=1S/C13H10N6.C5H3ClN4/c1-2-10(3-9-5-14-4-8(1)9)18-12-11-6-17-19-13(11)16-7-15-12;6-4-3-1-9-10-5(3)8-2-7-4/h1-3,5-7H,4H2,(H2,15,16,17,18,19);1-2H,(H,7,8,9,10). The molecule has 1 aromatic carbocycles. The Bertz CT molecular complexity index is 1340. The largest absolute Gasteiger partial charge is 0.339 e. The SMILES string of the molecule is C1=NCc2ccc(Nc3ncnc4[nH]ncc34)cc21.Clc1ncnc2[nH]ncc12. The Morgan fingerprint density at radius 2 is 1.66 bits per heavy atom. The molecule has 3 N–H and O–H groups in total. The van der Waals surface area contributed by atoms with E-state index in [9.17, 15) is 0 Å². The van der Waals surface area contributed by atoms with Gasteiger partial charge in [-0.2, -0.15) is 10.2 Å². The van der Waals surface area contributed by atoms with Crippen molar-refractivity contribution in [3.05, 3.63) is 59.5 Å². The molecule has 0 spiro atoms. The summed E-state index contributed by atoms with van der Waals surface area (Å²) in [7, 11) is 0. The Labute approximate surface area is 168 Å². The van der Waals surface area contributed by atoms with Gasteiger partial charge in [0, 0.05) is 11.9 Å². The Balaban J connectivity index is 0.000000153. The zero-order valence-corrected chi connectivity index (χ0v) is 15.6. The molecular weight excluding hydrogens is 392 g/mol. The molecule has 142 valence electrons. The molecule has 0 amide bonds. The van der Waals surface area contributed by atoms with Gasteiger partial charge in [0.2, 0.25) is 0 Å². The van der Waals surface area contributed by atoms with E-state index >= 15 is 0 Å². The van der Waals surface area contributed by atoms with Crippen molar-refractivity contribution in [1.82, 2.24) is 40.3 Å². The molecule has 0 fully saturated rings. The Kier molecular flexibility index (Phi) is 4.30. The molecule has 10 nitrogen and oxygen atoms in total. The molecule has 29 heavy (non-hydrogen) atoms. The molecule has 0 atom stereocenters. The summed E-state index contributed by atoms with van der Waals surface area (Å²) in [5.41, 5.74) is 4.78. The van der Waals surface area contributed by atoms with Gasteiger partial charge in [0.25, 0.3) is 0 Å². The van der Waals surface area contributed by atoms with Crippen LogP contribution in [0.5, 0.6) is 0 Å². The second-order valence-corrected chi connectivity index (χ2v) is 6.52. The lowest BCUT2D eigenvalue weighted by molar-refractivity contribution is 1.09. The summed E-state index contributed by atoms with van der Waals surface area (Å²) in [5, 5.41) is 18.6. The van der Waals surface area contributed by atoms with Crippen LogP contribution in [0.25, 0.3) is 22.1 Å². The predicted molar refractivity (Wildman–Crippen MR) is 109 cm³/mol. The molecular formula is C18H13ClN10. The Hall–Kier alpha value is -3.92. The molecule has 0 saturated carbocycles. The molecule has 11 heteroatoms. The average Bonchev–Trinajstić information content (AvgIpc) is 3.49. The van der Waals surface area contributed by atoms with Gasteiger partial charge in [-0.25, -0.2) is 19.9 Å². The fourth-order valence-corrected chi connectivity index (χ4v) is 3.10. The van der Waals surface area contributed by atoms with Gasteiger partial charge >= 0.3 is 0 Å². The number of benzene rings is 1. The lowest BCUT2D eigenvalue weighted by Gasteiger charge is -2.07. The van der Waals surface area contributed by atoms with Gasteiger partial charge in [-0.3, -0.25) is 15.2 Å². The molecule has 0 radical (unpaired) electrons. The summed E-state index contributed by atoms with van der Waals surface area (Å²) in [6.07, 6.45) is 8.11. The third-order valence-corrected chi connectivity index (χ3v) is 4.65. The number of hydrogen-bond acceptors (Lipinski definition) is 8. The van der Waals surface area contributed by atoms with Crippen molar-refractivity contribution in [2.75, 3.05) is 5.32 Å². The summed E-state index contributed by atoms with van der Waals surface area (Å²) < 4.78 is 0. The highest BCUT2D eigenvalue weighted by atomic mass is 35.5. The minimum absolute atomic E-state index is 0.429. The minimum Gasteiger partial charge on any atom is -0.339 e. The Morgan fingerprint density at radius 3 is 2.48 bits per heavy atom. The summed E-state index contributed by atoms with van der Waals surface area (Å²) in [5.74, 6) is 0.744. The molecule has 4 aromatic heterocycles. The van der Waals surface area contributed by atoms with E-state index in [0.717, 1.165) is 40.0 Å². The van der Waals surface area contributed by atoms with Crippen LogP contribution in [0, 0.1) is 0 Å². The van der Waals surface area contributed by atoms with Gasteiger partial charge in [0.1, 0.15) is 23.6 Å². The van der Waals surface area contributed by atoms with E-state index in [1.54, 1.807) is 12.4 Å². The maximum absolute atomic E-state index is 5.69. The molecule has 0 saturated heterocycles. The van der Waals surface area contributed by atoms with Crippen molar-refractivity contribution in [2.24, 2.45) is 4.99 Å². The number of anilines is 2. The van der Waals surface area contributed by atoms with Gasteiger partial charge in [0.15, 0.2) is 11.3 Å². The maximum Gasteiger partial charge on any atom is 0.160 e. The first-order valence-electron chi connectivity index (χ1n) is 8.61. The van der Waals surface area contributed by atoms with Crippen molar-refractivity contribution in [3.63, 3.8) is 0 Å². The summed E-state index contributed by atoms with van der Waals surface area (Å²) in [4.78, 5) is 20.3. The van der Waals surface area contributed by atoms with Gasteiger partial charge in [-0.05, 0) is 23.3 Å². The van der Waals surface area contributed by atoms with Crippen LogP contribution in [0.1, 0.15) is 11.1 Å². The maximum atomic E-state index is 5.69. The highest BCUT2D eigenvalue weighted by Crippen LogP contribution is 2.24. The zero-order valence-electron chi connectivity index (χ0n) is 14.8. The normalized spacial score (nSPS) is 12.0. The number of hydrogen-bond donors (Lipinski definition) is 3. The van der Waals surface area contributed by atoms with E-state index in [1.165, 1.54) is 18.2 Å². The van der Waals surface area contributed by atoms with E-state index in [0.29, 0.717) is 10.8 Å². The average molecular weight is 405 g/mol. The number of rotatable bonds is 2. The second kappa shape index (κ2) is 7.24. The van der Waals surface area contributed by atoms with Gasteiger partial charge in [-0.1, -0.05) is 17.7 Å². The fourth-order valence-electron chi connectivity index (χ4n) is 2.92. The summed E-state index contributed by atoms with van der Waals surface area (Å²) in [6.45, 7) is 0.773. The van der Waals surface area contributed by atoms with E-state index < -0.39 is 0 Å².